The van der Waals surface area contributed by atoms with Gasteiger partial charge in [-0.25, -0.2) is 0 Å². The Labute approximate surface area is 517 Å². The van der Waals surface area contributed by atoms with Crippen LogP contribution in [0.4, 0.5) is 0 Å². The van der Waals surface area contributed by atoms with Gasteiger partial charge in [0.1, 0.15) is 19.3 Å². The summed E-state index contributed by atoms with van der Waals surface area (Å²) in [7, 11) is 1.14. The summed E-state index contributed by atoms with van der Waals surface area (Å²) < 4.78 is 30.4. The van der Waals surface area contributed by atoms with Crippen LogP contribution in [0, 0.1) is 0 Å². The molecule has 0 aromatic heterocycles. The van der Waals surface area contributed by atoms with Gasteiger partial charge in [0, 0.05) is 12.8 Å². The van der Waals surface area contributed by atoms with Gasteiger partial charge in [-0.15, -0.1) is 0 Å². The Bertz CT molecular complexity index is 1900. The second-order valence-corrected chi connectivity index (χ2v) is 25.0. The Morgan fingerprint density at radius 1 is 0.429 bits per heavy atom. The molecule has 0 aliphatic carbocycles. The van der Waals surface area contributed by atoms with Gasteiger partial charge in [0.05, 0.1) is 33.8 Å². The molecule has 84 heavy (non-hydrogen) atoms. The minimum Gasteiger partial charge on any atom is -0.756 e. The summed E-state index contributed by atoms with van der Waals surface area (Å²) in [5, 5.41) is 3.02. The highest BCUT2D eigenvalue weighted by molar-refractivity contribution is 7.45. The topological polar surface area (TPSA) is 114 Å². The minimum atomic E-state index is -4.72. The summed E-state index contributed by atoms with van der Waals surface area (Å²) in [5.74, 6) is -0.589. The van der Waals surface area contributed by atoms with E-state index in [4.69, 9.17) is 13.8 Å². The maximum absolute atomic E-state index is 13.6. The van der Waals surface area contributed by atoms with Crippen LogP contribution in [0.5, 0.6) is 0 Å². The van der Waals surface area contributed by atoms with Gasteiger partial charge in [-0.05, 0) is 128 Å². The van der Waals surface area contributed by atoms with E-state index >= 15 is 0 Å². The van der Waals surface area contributed by atoms with Crippen LogP contribution >= 0.6 is 7.82 Å². The molecular weight excluding hydrogens is 1060 g/mol. The SMILES string of the molecule is CC/C=C\C/C=C\C/C=C\C/C=C\C/C=C\C/C=C\CCCCCCC(=O)OC(/C=C/CCCCCCCCCCCC)C(COP(=O)([O-])OCC[N+](C)(C)C)NC(=O)CCCCCCCCC/C=C\C/C=C\C/C=C\C/C=C\CCCCC. The van der Waals surface area contributed by atoms with Crippen molar-refractivity contribution in [3.8, 4) is 0 Å². The van der Waals surface area contributed by atoms with E-state index in [2.05, 4.69) is 148 Å². The minimum absolute atomic E-state index is 0.0365. The average molecular weight is 1190 g/mol. The zero-order chi connectivity index (χ0) is 61.4. The number of amides is 1. The highest BCUT2D eigenvalue weighted by atomic mass is 31.2. The third-order valence-electron chi connectivity index (χ3n) is 14.3. The molecule has 0 aliphatic heterocycles. The van der Waals surface area contributed by atoms with E-state index in [1.165, 1.54) is 96.3 Å². The smallest absolute Gasteiger partial charge is 0.306 e. The first-order chi connectivity index (χ1) is 40.9. The predicted molar refractivity (Wildman–Crippen MR) is 362 cm³/mol. The van der Waals surface area contributed by atoms with Crippen molar-refractivity contribution in [2.75, 3.05) is 40.9 Å². The summed E-state index contributed by atoms with van der Waals surface area (Å²) in [5.41, 5.74) is 0. The molecule has 1 amide bonds. The quantitative estimate of drug-likeness (QED) is 0.0212. The number of nitrogens with one attached hydrogen (secondary N) is 1. The van der Waals surface area contributed by atoms with E-state index in [9.17, 15) is 19.0 Å². The standard InChI is InChI=1S/C74H127N2O7P/c1-7-10-13-16-19-22-25-28-30-32-34-36-38-40-42-44-46-48-51-54-57-60-63-66-73(77)75-71(70-82-84(79,80)81-69-68-76(4,5)6)72(65-62-59-56-53-50-27-24-21-18-15-12-9-3)83-74(78)67-64-61-58-55-52-49-47-45-43-41-39-37-35-33-31-29-26-23-20-17-14-11-8-2/h11,14,19-20,22-23,28-31,34-37,40-43,47,49,62,65,71-72H,7-10,12-13,15-18,21,24-27,32-33,38-39,44-46,48,50-61,63-64,66-70H2,1-6H3,(H-,75,77,79,80)/b14-11-,22-19-,23-20-,30-28-,31-29-,36-34-,37-35-,42-40-,43-41-,49-47-,65-62+. The number of ether oxygens (including phenoxy) is 1. The number of esters is 1. The second kappa shape index (κ2) is 62.2. The fourth-order valence-electron chi connectivity index (χ4n) is 9.10. The fraction of sp³-hybridized carbons (Fsp3) is 0.676. The van der Waals surface area contributed by atoms with Gasteiger partial charge in [-0.2, -0.15) is 0 Å². The Balaban J connectivity index is 5.24. The Kier molecular flexibility index (Phi) is 59.4. The molecule has 0 spiro atoms. The molecule has 0 radical (unpaired) electrons. The molecule has 0 fully saturated rings. The largest absolute Gasteiger partial charge is 0.756 e. The molecule has 0 aliphatic rings. The van der Waals surface area contributed by atoms with Crippen LogP contribution in [-0.4, -0.2) is 69.4 Å². The summed E-state index contributed by atoms with van der Waals surface area (Å²) in [6, 6.07) is -0.916. The van der Waals surface area contributed by atoms with Gasteiger partial charge in [0.15, 0.2) is 0 Å². The Hall–Kier alpha value is -3.85. The lowest BCUT2D eigenvalue weighted by molar-refractivity contribution is -0.870. The third-order valence-corrected chi connectivity index (χ3v) is 15.3. The van der Waals surface area contributed by atoms with Crippen molar-refractivity contribution in [2.45, 2.75) is 283 Å². The number of allylic oxidation sites excluding steroid dienone is 21. The summed E-state index contributed by atoms with van der Waals surface area (Å²) in [4.78, 5) is 40.1. The normalized spacial score (nSPS) is 14.4. The van der Waals surface area contributed by atoms with E-state index in [-0.39, 0.29) is 24.9 Å². The van der Waals surface area contributed by atoms with Crippen LogP contribution < -0.4 is 10.2 Å². The summed E-state index contributed by atoms with van der Waals surface area (Å²) in [6.07, 6.45) is 88.5. The number of carbonyl (C=O) groups excluding carboxylic acids is 2. The molecule has 3 unspecified atom stereocenters. The number of rotatable bonds is 60. The van der Waals surface area contributed by atoms with Crippen molar-refractivity contribution in [2.24, 2.45) is 0 Å². The number of nitrogens with zero attached hydrogens (tertiary/aromatic N) is 1. The van der Waals surface area contributed by atoms with E-state index in [1.54, 1.807) is 0 Å². The van der Waals surface area contributed by atoms with E-state index in [1.807, 2.05) is 33.3 Å². The predicted octanol–water partition coefficient (Wildman–Crippen LogP) is 21.0. The number of unbranched alkanes of at least 4 members (excludes halogenated alkanes) is 24. The van der Waals surface area contributed by atoms with Crippen LogP contribution in [0.15, 0.2) is 134 Å². The number of quaternary nitrogens is 1. The van der Waals surface area contributed by atoms with Crippen molar-refractivity contribution < 1.29 is 37.3 Å². The molecule has 1 N–H and O–H groups in total. The van der Waals surface area contributed by atoms with Crippen LogP contribution in [0.25, 0.3) is 0 Å². The van der Waals surface area contributed by atoms with E-state index < -0.39 is 26.6 Å². The van der Waals surface area contributed by atoms with E-state index in [0.29, 0.717) is 23.9 Å². The molecule has 9 nitrogen and oxygen atoms in total. The highest BCUT2D eigenvalue weighted by Gasteiger charge is 2.27. The lowest BCUT2D eigenvalue weighted by Crippen LogP contribution is -2.47. The number of phosphoric acid groups is 1. The summed E-state index contributed by atoms with van der Waals surface area (Å²) >= 11 is 0. The van der Waals surface area contributed by atoms with Crippen LogP contribution in [0.2, 0.25) is 0 Å². The van der Waals surface area contributed by atoms with Crippen molar-refractivity contribution in [1.29, 1.82) is 0 Å². The summed E-state index contributed by atoms with van der Waals surface area (Å²) in [6.45, 7) is 6.67. The molecular formula is C74H127N2O7P. The molecule has 10 heteroatoms. The molecule has 0 saturated carbocycles. The monoisotopic (exact) mass is 1190 g/mol. The highest BCUT2D eigenvalue weighted by Crippen LogP contribution is 2.38. The van der Waals surface area contributed by atoms with Gasteiger partial charge >= 0.3 is 5.97 Å². The zero-order valence-electron chi connectivity index (χ0n) is 54.8. The van der Waals surface area contributed by atoms with Gasteiger partial charge < -0.3 is 28.5 Å². The van der Waals surface area contributed by atoms with Crippen molar-refractivity contribution >= 4 is 19.7 Å². The van der Waals surface area contributed by atoms with Gasteiger partial charge in [-0.1, -0.05) is 264 Å². The van der Waals surface area contributed by atoms with Gasteiger partial charge in [0.25, 0.3) is 7.82 Å². The third kappa shape index (κ3) is 62.7. The molecule has 0 heterocycles. The number of hydrogen-bond acceptors (Lipinski definition) is 7. The maximum Gasteiger partial charge on any atom is 0.306 e. The molecule has 0 aromatic rings. The second-order valence-electron chi connectivity index (χ2n) is 23.6. The van der Waals surface area contributed by atoms with Crippen molar-refractivity contribution in [3.05, 3.63) is 134 Å². The van der Waals surface area contributed by atoms with Gasteiger partial charge in [-0.3, -0.25) is 14.2 Å². The fourth-order valence-corrected chi connectivity index (χ4v) is 9.82. The average Bonchev–Trinajstić information content (AvgIpc) is 3.65. The number of hydrogen-bond donors (Lipinski definition) is 1. The first-order valence-electron chi connectivity index (χ1n) is 34.0. The Morgan fingerprint density at radius 3 is 1.17 bits per heavy atom. The Morgan fingerprint density at radius 2 is 0.762 bits per heavy atom. The van der Waals surface area contributed by atoms with Gasteiger partial charge in [0.2, 0.25) is 5.91 Å². The molecule has 3 atom stereocenters. The lowest BCUT2D eigenvalue weighted by atomic mass is 10.0. The maximum atomic E-state index is 13.6. The van der Waals surface area contributed by atoms with Crippen LogP contribution in [0.3, 0.4) is 0 Å². The first kappa shape index (κ1) is 80.2. The lowest BCUT2D eigenvalue weighted by Gasteiger charge is -2.30. The molecule has 0 aromatic carbocycles. The molecule has 0 bridgehead atoms. The van der Waals surface area contributed by atoms with Crippen molar-refractivity contribution in [1.82, 2.24) is 5.32 Å². The number of carbonyl (C=O) groups is 2. The first-order valence-corrected chi connectivity index (χ1v) is 35.5. The zero-order valence-corrected chi connectivity index (χ0v) is 55.7. The number of likely N-dealkylation sites (N-methyl/N-ethyl adjacent to an activating group) is 1. The van der Waals surface area contributed by atoms with Crippen molar-refractivity contribution in [3.63, 3.8) is 0 Å². The van der Waals surface area contributed by atoms with Crippen LogP contribution in [-0.2, 0) is 27.9 Å². The molecule has 480 valence electrons. The molecule has 0 saturated heterocycles. The van der Waals surface area contributed by atoms with E-state index in [0.717, 1.165) is 135 Å². The molecule has 0 rings (SSSR count). The number of phosphoric ester groups is 1. The van der Waals surface area contributed by atoms with Crippen LogP contribution in [0.1, 0.15) is 271 Å².